The minimum atomic E-state index is -5.73. The maximum atomic E-state index is 12.4. The molecule has 0 aliphatic heterocycles. The van der Waals surface area contributed by atoms with Gasteiger partial charge >= 0.3 is 21.5 Å². The molecule has 0 saturated heterocycles. The van der Waals surface area contributed by atoms with Crippen LogP contribution >= 0.6 is 0 Å². The Kier molecular flexibility index (Phi) is 3.85. The summed E-state index contributed by atoms with van der Waals surface area (Å²) in [6.45, 7) is -1.30. The van der Waals surface area contributed by atoms with E-state index in [-0.39, 0.29) is 9.99 Å². The molecule has 0 unspecified atom stereocenters. The summed E-state index contributed by atoms with van der Waals surface area (Å²) in [5, 5.41) is 8.50. The van der Waals surface area contributed by atoms with Crippen molar-refractivity contribution in [1.29, 1.82) is 0 Å². The molecular weight excluding hydrogens is 275 g/mol. The summed E-state index contributed by atoms with van der Waals surface area (Å²) in [5.74, 6) is -1.69. The van der Waals surface area contributed by atoms with Crippen LogP contribution in [0, 0.1) is 0 Å². The van der Waals surface area contributed by atoms with Gasteiger partial charge in [-0.1, -0.05) is 18.2 Å². The largest absolute Gasteiger partial charge is 0.516 e. The minimum absolute atomic E-state index is 0.199. The SMILES string of the molecule is O=C(O)CN(c1ccccc1)S(=O)(=O)C(F)(F)F. The summed E-state index contributed by atoms with van der Waals surface area (Å²) in [6, 6.07) is 6.22. The van der Waals surface area contributed by atoms with Gasteiger partial charge in [0, 0.05) is 0 Å². The number of nitrogens with zero attached hydrogens (tertiary/aromatic N) is 1. The number of para-hydroxylation sites is 1. The van der Waals surface area contributed by atoms with Crippen LogP contribution in [0.25, 0.3) is 0 Å². The highest BCUT2D eigenvalue weighted by Gasteiger charge is 2.50. The Morgan fingerprint density at radius 1 is 1.22 bits per heavy atom. The number of benzene rings is 1. The van der Waals surface area contributed by atoms with E-state index in [0.29, 0.717) is 0 Å². The van der Waals surface area contributed by atoms with E-state index in [2.05, 4.69) is 0 Å². The van der Waals surface area contributed by atoms with Gasteiger partial charge < -0.3 is 5.11 Å². The van der Waals surface area contributed by atoms with Gasteiger partial charge in [0.1, 0.15) is 6.54 Å². The number of alkyl halides is 3. The fourth-order valence-electron chi connectivity index (χ4n) is 1.16. The number of rotatable bonds is 4. The van der Waals surface area contributed by atoms with Crippen molar-refractivity contribution in [2.24, 2.45) is 0 Å². The molecule has 18 heavy (non-hydrogen) atoms. The predicted molar refractivity (Wildman–Crippen MR) is 56.4 cm³/mol. The molecule has 1 aromatic rings. The molecule has 5 nitrogen and oxygen atoms in total. The zero-order valence-corrected chi connectivity index (χ0v) is 9.57. The van der Waals surface area contributed by atoms with E-state index >= 15 is 0 Å². The van der Waals surface area contributed by atoms with Crippen molar-refractivity contribution < 1.29 is 31.5 Å². The number of halogens is 3. The predicted octanol–water partition coefficient (Wildman–Crippen LogP) is 1.43. The van der Waals surface area contributed by atoms with Crippen molar-refractivity contribution in [2.75, 3.05) is 10.8 Å². The van der Waals surface area contributed by atoms with Crippen LogP contribution in [0.1, 0.15) is 0 Å². The summed E-state index contributed by atoms with van der Waals surface area (Å²) in [6.07, 6.45) is 0. The standard InChI is InChI=1S/C9H8F3NO4S/c10-9(11,12)18(16,17)13(6-8(14)15)7-4-2-1-3-5-7/h1-5H,6H2,(H,14,15). The minimum Gasteiger partial charge on any atom is -0.480 e. The third-order valence-corrected chi connectivity index (χ3v) is 3.41. The van der Waals surface area contributed by atoms with E-state index in [1.165, 1.54) is 18.2 Å². The molecule has 1 rings (SSSR count). The molecule has 1 N–H and O–H groups in total. The van der Waals surface area contributed by atoms with Gasteiger partial charge in [0.2, 0.25) is 0 Å². The van der Waals surface area contributed by atoms with Crippen LogP contribution in [0.5, 0.6) is 0 Å². The van der Waals surface area contributed by atoms with E-state index in [1.54, 1.807) is 0 Å². The second kappa shape index (κ2) is 4.84. The fraction of sp³-hybridized carbons (Fsp3) is 0.222. The van der Waals surface area contributed by atoms with E-state index in [4.69, 9.17) is 5.11 Å². The van der Waals surface area contributed by atoms with Crippen molar-refractivity contribution in [3.05, 3.63) is 30.3 Å². The van der Waals surface area contributed by atoms with Crippen LogP contribution in [0.3, 0.4) is 0 Å². The first-order valence-corrected chi connectivity index (χ1v) is 5.96. The van der Waals surface area contributed by atoms with Crippen LogP contribution in [-0.4, -0.2) is 31.5 Å². The maximum Gasteiger partial charge on any atom is 0.516 e. The molecule has 1 aromatic carbocycles. The van der Waals surface area contributed by atoms with Crippen molar-refractivity contribution >= 4 is 21.7 Å². The van der Waals surface area contributed by atoms with Crippen LogP contribution in [0.4, 0.5) is 18.9 Å². The number of aliphatic carboxylic acids is 1. The van der Waals surface area contributed by atoms with Gasteiger partial charge in [-0.2, -0.15) is 21.6 Å². The Balaban J connectivity index is 3.28. The highest BCUT2D eigenvalue weighted by atomic mass is 32.2. The summed E-state index contributed by atoms with van der Waals surface area (Å²) >= 11 is 0. The first-order chi connectivity index (χ1) is 8.16. The second-order valence-corrected chi connectivity index (χ2v) is 5.04. The van der Waals surface area contributed by atoms with Crippen molar-refractivity contribution in [2.45, 2.75) is 5.51 Å². The molecule has 9 heteroatoms. The number of sulfonamides is 1. The van der Waals surface area contributed by atoms with Gasteiger partial charge in [-0.25, -0.2) is 0 Å². The van der Waals surface area contributed by atoms with E-state index in [0.717, 1.165) is 12.1 Å². The first kappa shape index (κ1) is 14.3. The smallest absolute Gasteiger partial charge is 0.480 e. The van der Waals surface area contributed by atoms with Gasteiger partial charge in [0.25, 0.3) is 0 Å². The van der Waals surface area contributed by atoms with E-state index in [1.807, 2.05) is 0 Å². The third-order valence-electron chi connectivity index (χ3n) is 1.91. The van der Waals surface area contributed by atoms with Gasteiger partial charge in [-0.15, -0.1) is 0 Å². The lowest BCUT2D eigenvalue weighted by Crippen LogP contribution is -2.43. The molecule has 0 spiro atoms. The molecule has 0 fully saturated rings. The van der Waals surface area contributed by atoms with Crippen LogP contribution in [0.2, 0.25) is 0 Å². The summed E-state index contributed by atoms with van der Waals surface area (Å²) < 4.78 is 59.4. The highest BCUT2D eigenvalue weighted by Crippen LogP contribution is 2.30. The Morgan fingerprint density at radius 2 is 1.72 bits per heavy atom. The van der Waals surface area contributed by atoms with Gasteiger partial charge in [-0.3, -0.25) is 9.10 Å². The van der Waals surface area contributed by atoms with Gasteiger partial charge in [-0.05, 0) is 12.1 Å². The molecule has 0 radical (unpaired) electrons. The molecule has 0 amide bonds. The van der Waals surface area contributed by atoms with E-state index < -0.39 is 28.0 Å². The molecular formula is C9H8F3NO4S. The molecule has 0 atom stereocenters. The quantitative estimate of drug-likeness (QED) is 0.907. The molecule has 0 aromatic heterocycles. The average Bonchev–Trinajstić information content (AvgIpc) is 2.25. The summed E-state index contributed by atoms with van der Waals surface area (Å²) in [5.41, 5.74) is -5.92. The van der Waals surface area contributed by atoms with Gasteiger partial charge in [0.05, 0.1) is 5.69 Å². The van der Waals surface area contributed by atoms with E-state index in [9.17, 15) is 26.4 Å². The number of carboxylic acids is 1. The number of anilines is 1. The number of hydrogen-bond acceptors (Lipinski definition) is 3. The lowest BCUT2D eigenvalue weighted by molar-refractivity contribution is -0.135. The lowest BCUT2D eigenvalue weighted by atomic mass is 10.3. The fourth-order valence-corrected chi connectivity index (χ4v) is 2.09. The summed E-state index contributed by atoms with van der Waals surface area (Å²) in [4.78, 5) is 10.5. The molecule has 0 saturated carbocycles. The van der Waals surface area contributed by atoms with Gasteiger partial charge in [0.15, 0.2) is 0 Å². The Bertz CT molecular complexity index is 526. The lowest BCUT2D eigenvalue weighted by Gasteiger charge is -2.23. The maximum absolute atomic E-state index is 12.4. The average molecular weight is 283 g/mol. The van der Waals surface area contributed by atoms with Crippen molar-refractivity contribution in [1.82, 2.24) is 0 Å². The molecule has 0 aliphatic rings. The number of hydrogen-bond donors (Lipinski definition) is 1. The Morgan fingerprint density at radius 3 is 2.11 bits per heavy atom. The van der Waals surface area contributed by atoms with Crippen molar-refractivity contribution in [3.8, 4) is 0 Å². The molecule has 100 valence electrons. The molecule has 0 heterocycles. The third kappa shape index (κ3) is 2.92. The van der Waals surface area contributed by atoms with Crippen molar-refractivity contribution in [3.63, 3.8) is 0 Å². The van der Waals surface area contributed by atoms with Crippen LogP contribution < -0.4 is 4.31 Å². The first-order valence-electron chi connectivity index (χ1n) is 4.52. The zero-order chi connectivity index (χ0) is 14.0. The summed E-state index contributed by atoms with van der Waals surface area (Å²) in [7, 11) is -5.73. The number of carbonyl (C=O) groups is 1. The normalized spacial score (nSPS) is 12.2. The zero-order valence-electron chi connectivity index (χ0n) is 8.76. The number of carboxylic acid groups (broad SMARTS) is 1. The Hall–Kier alpha value is -1.77. The van der Waals surface area contributed by atoms with Crippen LogP contribution in [0.15, 0.2) is 30.3 Å². The topological polar surface area (TPSA) is 74.7 Å². The van der Waals surface area contributed by atoms with Crippen LogP contribution in [-0.2, 0) is 14.8 Å². The molecule has 0 bridgehead atoms. The highest BCUT2D eigenvalue weighted by molar-refractivity contribution is 7.93. The second-order valence-electron chi connectivity index (χ2n) is 3.19. The molecule has 0 aliphatic carbocycles. The Labute approximate surface area is 100 Å². The monoisotopic (exact) mass is 283 g/mol.